The lowest BCUT2D eigenvalue weighted by Crippen LogP contribution is -2.19. The summed E-state index contributed by atoms with van der Waals surface area (Å²) in [5.41, 5.74) is 1.68. The summed E-state index contributed by atoms with van der Waals surface area (Å²) in [6.07, 6.45) is 3.06. The highest BCUT2D eigenvalue weighted by Gasteiger charge is 2.26. The number of carbonyl (C=O) groups is 1. The van der Waals surface area contributed by atoms with E-state index in [9.17, 15) is 9.90 Å². The van der Waals surface area contributed by atoms with Gasteiger partial charge in [-0.05, 0) is 29.9 Å². The van der Waals surface area contributed by atoms with Crippen LogP contribution in [-0.2, 0) is 11.2 Å². The largest absolute Gasteiger partial charge is 0.481 e. The van der Waals surface area contributed by atoms with Crippen molar-refractivity contribution in [2.75, 3.05) is 0 Å². The first-order chi connectivity index (χ1) is 7.66. The van der Waals surface area contributed by atoms with Crippen LogP contribution < -0.4 is 0 Å². The smallest absolute Gasteiger partial charge is 0.307 e. The van der Waals surface area contributed by atoms with Crippen LogP contribution in [-0.4, -0.2) is 16.2 Å². The molecule has 1 saturated carbocycles. The van der Waals surface area contributed by atoms with E-state index in [1.807, 2.05) is 12.1 Å². The second kappa shape index (κ2) is 4.66. The number of hydrogen-bond donors (Lipinski definition) is 2. The average Bonchev–Trinajstić information content (AvgIpc) is 2.15. The Bertz CT molecular complexity index is 365. The number of hydrogen-bond acceptors (Lipinski definition) is 2. The minimum atomic E-state index is -0.827. The van der Waals surface area contributed by atoms with Gasteiger partial charge < -0.3 is 10.2 Å². The molecule has 0 amide bonds. The Morgan fingerprint density at radius 2 is 1.94 bits per heavy atom. The summed E-state index contributed by atoms with van der Waals surface area (Å²) in [6, 6.07) is 7.24. The molecule has 2 rings (SSSR count). The highest BCUT2D eigenvalue weighted by atomic mass is 16.4. The molecule has 2 N–H and O–H groups in total. The SMILES string of the molecule is O=C(O)Cc1ccc(C(O)C2CCC2)cc1. The molecule has 1 aromatic rings. The summed E-state index contributed by atoms with van der Waals surface area (Å²) < 4.78 is 0. The predicted octanol–water partition coefficient (Wildman–Crippen LogP) is 2.15. The number of carboxylic acid groups (broad SMARTS) is 1. The van der Waals surface area contributed by atoms with Crippen molar-refractivity contribution in [1.29, 1.82) is 0 Å². The molecule has 86 valence electrons. The molecule has 1 aliphatic rings. The van der Waals surface area contributed by atoms with Crippen LogP contribution in [0.3, 0.4) is 0 Å². The molecular weight excluding hydrogens is 204 g/mol. The zero-order valence-electron chi connectivity index (χ0n) is 9.10. The molecule has 1 aromatic carbocycles. The Balaban J connectivity index is 2.03. The van der Waals surface area contributed by atoms with Crippen molar-refractivity contribution in [3.05, 3.63) is 35.4 Å². The van der Waals surface area contributed by atoms with E-state index in [2.05, 4.69) is 0 Å². The molecule has 3 heteroatoms. The molecule has 0 radical (unpaired) electrons. The van der Waals surface area contributed by atoms with Crippen LogP contribution in [0.2, 0.25) is 0 Å². The van der Waals surface area contributed by atoms with Gasteiger partial charge in [0.05, 0.1) is 12.5 Å². The maximum atomic E-state index is 10.5. The van der Waals surface area contributed by atoms with E-state index in [1.165, 1.54) is 6.42 Å². The Kier molecular flexibility index (Phi) is 3.25. The molecule has 0 saturated heterocycles. The fraction of sp³-hybridized carbons (Fsp3) is 0.462. The molecule has 0 heterocycles. The van der Waals surface area contributed by atoms with Gasteiger partial charge in [0.2, 0.25) is 0 Å². The van der Waals surface area contributed by atoms with Crippen LogP contribution >= 0.6 is 0 Å². The lowest BCUT2D eigenvalue weighted by molar-refractivity contribution is -0.136. The Hall–Kier alpha value is -1.35. The minimum Gasteiger partial charge on any atom is -0.481 e. The summed E-state index contributed by atoms with van der Waals surface area (Å²) in [6.45, 7) is 0. The van der Waals surface area contributed by atoms with Gasteiger partial charge in [0.25, 0.3) is 0 Å². The topological polar surface area (TPSA) is 57.5 Å². The van der Waals surface area contributed by atoms with Gasteiger partial charge >= 0.3 is 5.97 Å². The number of benzene rings is 1. The molecule has 0 spiro atoms. The van der Waals surface area contributed by atoms with Gasteiger partial charge in [0.15, 0.2) is 0 Å². The van der Waals surface area contributed by atoms with Crippen LogP contribution in [0.1, 0.15) is 36.5 Å². The zero-order valence-corrected chi connectivity index (χ0v) is 9.10. The normalized spacial score (nSPS) is 17.8. The van der Waals surface area contributed by atoms with E-state index in [0.717, 1.165) is 24.0 Å². The number of aliphatic hydroxyl groups is 1. The third kappa shape index (κ3) is 2.42. The van der Waals surface area contributed by atoms with Crippen molar-refractivity contribution in [3.63, 3.8) is 0 Å². The third-order valence-electron chi connectivity index (χ3n) is 3.27. The van der Waals surface area contributed by atoms with Crippen LogP contribution in [0.4, 0.5) is 0 Å². The molecule has 1 unspecified atom stereocenters. The van der Waals surface area contributed by atoms with Crippen LogP contribution in [0.5, 0.6) is 0 Å². The van der Waals surface area contributed by atoms with E-state index < -0.39 is 5.97 Å². The minimum absolute atomic E-state index is 0.0415. The molecule has 0 aliphatic heterocycles. The maximum absolute atomic E-state index is 10.5. The van der Waals surface area contributed by atoms with Crippen LogP contribution in [0, 0.1) is 5.92 Å². The van der Waals surface area contributed by atoms with E-state index in [1.54, 1.807) is 12.1 Å². The van der Waals surface area contributed by atoms with Crippen molar-refractivity contribution >= 4 is 5.97 Å². The molecule has 3 nitrogen and oxygen atoms in total. The number of aliphatic hydroxyl groups excluding tert-OH is 1. The van der Waals surface area contributed by atoms with E-state index in [-0.39, 0.29) is 12.5 Å². The van der Waals surface area contributed by atoms with Crippen molar-refractivity contribution in [2.24, 2.45) is 5.92 Å². The average molecular weight is 220 g/mol. The van der Waals surface area contributed by atoms with Crippen molar-refractivity contribution in [2.45, 2.75) is 31.8 Å². The third-order valence-corrected chi connectivity index (χ3v) is 3.27. The summed E-state index contributed by atoms with van der Waals surface area (Å²) >= 11 is 0. The Morgan fingerprint density at radius 1 is 1.31 bits per heavy atom. The number of carboxylic acids is 1. The number of aliphatic carboxylic acids is 1. The van der Waals surface area contributed by atoms with Gasteiger partial charge in [-0.25, -0.2) is 0 Å². The quantitative estimate of drug-likeness (QED) is 0.817. The fourth-order valence-corrected chi connectivity index (χ4v) is 2.04. The van der Waals surface area contributed by atoms with Crippen LogP contribution in [0.15, 0.2) is 24.3 Å². The Morgan fingerprint density at radius 3 is 2.38 bits per heavy atom. The second-order valence-electron chi connectivity index (χ2n) is 4.45. The van der Waals surface area contributed by atoms with Gasteiger partial charge in [-0.2, -0.15) is 0 Å². The lowest BCUT2D eigenvalue weighted by Gasteiger charge is -2.30. The van der Waals surface area contributed by atoms with E-state index >= 15 is 0 Å². The molecule has 1 aliphatic carbocycles. The first kappa shape index (κ1) is 11.1. The van der Waals surface area contributed by atoms with E-state index in [0.29, 0.717) is 5.92 Å². The summed E-state index contributed by atoms with van der Waals surface area (Å²) in [7, 11) is 0. The monoisotopic (exact) mass is 220 g/mol. The molecule has 1 fully saturated rings. The molecule has 0 aromatic heterocycles. The van der Waals surface area contributed by atoms with Gasteiger partial charge in [-0.3, -0.25) is 4.79 Å². The standard InChI is InChI=1S/C13H16O3/c14-12(15)8-9-4-6-11(7-5-9)13(16)10-2-1-3-10/h4-7,10,13,16H,1-3,8H2,(H,14,15). The van der Waals surface area contributed by atoms with Crippen LogP contribution in [0.25, 0.3) is 0 Å². The first-order valence-electron chi connectivity index (χ1n) is 5.65. The molecule has 1 atom stereocenters. The molecule has 16 heavy (non-hydrogen) atoms. The van der Waals surface area contributed by atoms with Gasteiger partial charge in [-0.15, -0.1) is 0 Å². The van der Waals surface area contributed by atoms with Crippen molar-refractivity contribution in [1.82, 2.24) is 0 Å². The highest BCUT2D eigenvalue weighted by Crippen LogP contribution is 2.37. The second-order valence-corrected chi connectivity index (χ2v) is 4.45. The van der Waals surface area contributed by atoms with Gasteiger partial charge in [-0.1, -0.05) is 30.7 Å². The van der Waals surface area contributed by atoms with Gasteiger partial charge in [0.1, 0.15) is 0 Å². The first-order valence-corrected chi connectivity index (χ1v) is 5.65. The molecular formula is C13H16O3. The lowest BCUT2D eigenvalue weighted by atomic mass is 9.79. The summed E-state index contributed by atoms with van der Waals surface area (Å²) in [5.74, 6) is -0.433. The summed E-state index contributed by atoms with van der Waals surface area (Å²) in [5, 5.41) is 18.6. The maximum Gasteiger partial charge on any atom is 0.307 e. The number of rotatable bonds is 4. The van der Waals surface area contributed by atoms with Crippen molar-refractivity contribution < 1.29 is 15.0 Å². The zero-order chi connectivity index (χ0) is 11.5. The summed E-state index contributed by atoms with van der Waals surface area (Å²) in [4.78, 5) is 10.5. The van der Waals surface area contributed by atoms with Crippen molar-refractivity contribution in [3.8, 4) is 0 Å². The Labute approximate surface area is 94.7 Å². The molecule has 0 bridgehead atoms. The van der Waals surface area contributed by atoms with Gasteiger partial charge in [0, 0.05) is 0 Å². The predicted molar refractivity (Wildman–Crippen MR) is 60.1 cm³/mol. The fourth-order valence-electron chi connectivity index (χ4n) is 2.04. The van der Waals surface area contributed by atoms with E-state index in [4.69, 9.17) is 5.11 Å². The highest BCUT2D eigenvalue weighted by molar-refractivity contribution is 5.70.